The molecule has 0 unspecified atom stereocenters. The van der Waals surface area contributed by atoms with Gasteiger partial charge in [0.05, 0.1) is 17.2 Å². The lowest BCUT2D eigenvalue weighted by molar-refractivity contribution is 0.147. The molecule has 1 aliphatic rings. The van der Waals surface area contributed by atoms with Crippen LogP contribution in [0, 0.1) is 11.6 Å². The number of benzene rings is 1. The fourth-order valence-electron chi connectivity index (χ4n) is 3.04. The van der Waals surface area contributed by atoms with Gasteiger partial charge in [-0.25, -0.2) is 21.9 Å². The number of nitrogens with zero attached hydrogens (tertiary/aromatic N) is 1. The van der Waals surface area contributed by atoms with Crippen LogP contribution in [0.2, 0.25) is 0 Å². The van der Waals surface area contributed by atoms with Gasteiger partial charge >= 0.3 is 0 Å². The highest BCUT2D eigenvalue weighted by Gasteiger charge is 2.26. The van der Waals surface area contributed by atoms with Crippen LogP contribution in [-0.2, 0) is 10.0 Å². The van der Waals surface area contributed by atoms with E-state index in [2.05, 4.69) is 9.62 Å². The molecule has 0 bridgehead atoms. The second-order valence-corrected chi connectivity index (χ2v) is 7.82. The Labute approximate surface area is 145 Å². The molecule has 2 heterocycles. The number of hydrogen-bond acceptors (Lipinski definition) is 4. The monoisotopic (exact) mass is 370 g/mol. The third-order valence-electron chi connectivity index (χ3n) is 4.37. The van der Waals surface area contributed by atoms with E-state index >= 15 is 0 Å². The molecule has 1 atom stereocenters. The van der Waals surface area contributed by atoms with Gasteiger partial charge in [-0.3, -0.25) is 4.90 Å². The van der Waals surface area contributed by atoms with Crippen molar-refractivity contribution in [2.45, 2.75) is 30.2 Å². The quantitative estimate of drug-likeness (QED) is 0.849. The van der Waals surface area contributed by atoms with Crippen molar-refractivity contribution in [2.24, 2.45) is 0 Å². The van der Waals surface area contributed by atoms with Crippen molar-refractivity contribution in [1.29, 1.82) is 0 Å². The summed E-state index contributed by atoms with van der Waals surface area (Å²) in [4.78, 5) is 1.87. The number of hydrogen-bond donors (Lipinski definition) is 1. The predicted octanol–water partition coefficient (Wildman–Crippen LogP) is 3.06. The van der Waals surface area contributed by atoms with Gasteiger partial charge in [0.15, 0.2) is 11.6 Å². The molecule has 5 nitrogen and oxygen atoms in total. The first-order valence-corrected chi connectivity index (χ1v) is 9.68. The Kier molecular flexibility index (Phi) is 5.51. The zero-order valence-electron chi connectivity index (χ0n) is 13.6. The van der Waals surface area contributed by atoms with Crippen molar-refractivity contribution in [3.8, 4) is 0 Å². The summed E-state index contributed by atoms with van der Waals surface area (Å²) in [6.07, 6.45) is 4.80. The van der Waals surface area contributed by atoms with Crippen molar-refractivity contribution in [2.75, 3.05) is 19.6 Å². The van der Waals surface area contributed by atoms with Crippen molar-refractivity contribution < 1.29 is 21.6 Å². The molecular weight excluding hydrogens is 350 g/mol. The predicted molar refractivity (Wildman–Crippen MR) is 88.4 cm³/mol. The molecule has 0 aliphatic carbocycles. The van der Waals surface area contributed by atoms with Crippen LogP contribution in [-0.4, -0.2) is 33.0 Å². The van der Waals surface area contributed by atoms with E-state index < -0.39 is 21.7 Å². The smallest absolute Gasteiger partial charge is 0.240 e. The van der Waals surface area contributed by atoms with Gasteiger partial charge in [0.1, 0.15) is 5.76 Å². The van der Waals surface area contributed by atoms with Crippen molar-refractivity contribution in [1.82, 2.24) is 9.62 Å². The third-order valence-corrected chi connectivity index (χ3v) is 5.79. The van der Waals surface area contributed by atoms with E-state index in [0.717, 1.165) is 44.5 Å². The minimum Gasteiger partial charge on any atom is -0.468 e. The number of piperidine rings is 1. The summed E-state index contributed by atoms with van der Waals surface area (Å²) in [6.45, 7) is 1.81. The second kappa shape index (κ2) is 7.63. The summed E-state index contributed by atoms with van der Waals surface area (Å²) in [5.74, 6) is -1.60. The molecule has 0 spiro atoms. The molecule has 0 amide bonds. The van der Waals surface area contributed by atoms with Crippen LogP contribution in [0.5, 0.6) is 0 Å². The highest BCUT2D eigenvalue weighted by Crippen LogP contribution is 2.25. The first kappa shape index (κ1) is 18.0. The van der Waals surface area contributed by atoms with Crippen LogP contribution < -0.4 is 4.72 Å². The molecule has 0 saturated carbocycles. The second-order valence-electron chi connectivity index (χ2n) is 6.06. The molecule has 2 aromatic rings. The number of halogens is 2. The van der Waals surface area contributed by atoms with E-state index in [0.29, 0.717) is 11.8 Å². The lowest BCUT2D eigenvalue weighted by atomic mass is 10.1. The van der Waals surface area contributed by atoms with E-state index in [1.165, 1.54) is 0 Å². The fourth-order valence-corrected chi connectivity index (χ4v) is 4.09. The average molecular weight is 370 g/mol. The van der Waals surface area contributed by atoms with Crippen LogP contribution in [0.4, 0.5) is 8.78 Å². The summed E-state index contributed by atoms with van der Waals surface area (Å²) in [5, 5.41) is 0. The molecule has 1 fully saturated rings. The largest absolute Gasteiger partial charge is 0.468 e. The SMILES string of the molecule is O=S(=O)(NC[C@H](c1ccco1)N1CCCCC1)c1ccc(F)c(F)c1. The maximum atomic E-state index is 13.3. The van der Waals surface area contributed by atoms with Crippen molar-refractivity contribution in [3.63, 3.8) is 0 Å². The van der Waals surface area contributed by atoms with Gasteiger partial charge in [0, 0.05) is 6.54 Å². The average Bonchev–Trinajstić information content (AvgIpc) is 3.12. The number of likely N-dealkylation sites (tertiary alicyclic amines) is 1. The minimum atomic E-state index is -3.95. The molecule has 8 heteroatoms. The molecule has 1 aliphatic heterocycles. The Morgan fingerprint density at radius 1 is 1.12 bits per heavy atom. The van der Waals surface area contributed by atoms with Crippen LogP contribution in [0.25, 0.3) is 0 Å². The Balaban J connectivity index is 1.76. The first-order chi connectivity index (χ1) is 12.0. The van der Waals surface area contributed by atoms with E-state index in [-0.39, 0.29) is 17.5 Å². The van der Waals surface area contributed by atoms with Gasteiger partial charge < -0.3 is 4.42 Å². The number of sulfonamides is 1. The fraction of sp³-hybridized carbons (Fsp3) is 0.412. The van der Waals surface area contributed by atoms with Crippen molar-refractivity contribution in [3.05, 3.63) is 54.0 Å². The highest BCUT2D eigenvalue weighted by atomic mass is 32.2. The van der Waals surface area contributed by atoms with E-state index in [1.807, 2.05) is 6.07 Å². The highest BCUT2D eigenvalue weighted by molar-refractivity contribution is 7.89. The lowest BCUT2D eigenvalue weighted by Gasteiger charge is -2.33. The molecule has 1 saturated heterocycles. The van der Waals surface area contributed by atoms with Gasteiger partial charge in [-0.1, -0.05) is 6.42 Å². The van der Waals surface area contributed by atoms with Gasteiger partial charge in [0.2, 0.25) is 10.0 Å². The first-order valence-electron chi connectivity index (χ1n) is 8.19. The van der Waals surface area contributed by atoms with Crippen LogP contribution in [0.1, 0.15) is 31.1 Å². The minimum absolute atomic E-state index is 0.0921. The van der Waals surface area contributed by atoms with Crippen LogP contribution in [0.3, 0.4) is 0 Å². The Morgan fingerprint density at radius 3 is 2.52 bits per heavy atom. The molecule has 3 rings (SSSR count). The van der Waals surface area contributed by atoms with Crippen LogP contribution >= 0.6 is 0 Å². The molecular formula is C17H20F2N2O3S. The summed E-state index contributed by atoms with van der Waals surface area (Å²) < 4.78 is 59.1. The van der Waals surface area contributed by atoms with Gasteiger partial charge in [-0.2, -0.15) is 0 Å². The summed E-state index contributed by atoms with van der Waals surface area (Å²) in [7, 11) is -3.95. The van der Waals surface area contributed by atoms with Gasteiger partial charge in [-0.05, 0) is 56.3 Å². The zero-order chi connectivity index (χ0) is 17.9. The Morgan fingerprint density at radius 2 is 1.88 bits per heavy atom. The topological polar surface area (TPSA) is 62.6 Å². The Hall–Kier alpha value is -1.77. The van der Waals surface area contributed by atoms with Crippen LogP contribution in [0.15, 0.2) is 45.9 Å². The molecule has 0 radical (unpaired) electrons. The molecule has 1 N–H and O–H groups in total. The normalized spacial score (nSPS) is 17.5. The summed E-state index contributed by atoms with van der Waals surface area (Å²) in [5.41, 5.74) is 0. The molecule has 136 valence electrons. The maximum absolute atomic E-state index is 13.3. The third kappa shape index (κ3) is 4.26. The zero-order valence-corrected chi connectivity index (χ0v) is 14.4. The van der Waals surface area contributed by atoms with E-state index in [1.54, 1.807) is 12.3 Å². The molecule has 1 aromatic carbocycles. The standard InChI is InChI=1S/C17H20F2N2O3S/c18-14-7-6-13(11-15(14)19)25(22,23)20-12-16(17-5-4-10-24-17)21-8-2-1-3-9-21/h4-7,10-11,16,20H,1-3,8-9,12H2/t16-/m1/s1. The van der Waals surface area contributed by atoms with Gasteiger partial charge in [-0.15, -0.1) is 0 Å². The van der Waals surface area contributed by atoms with E-state index in [4.69, 9.17) is 4.42 Å². The molecule has 1 aromatic heterocycles. The maximum Gasteiger partial charge on any atom is 0.240 e. The number of rotatable bonds is 6. The molecule has 25 heavy (non-hydrogen) atoms. The lowest BCUT2D eigenvalue weighted by Crippen LogP contribution is -2.40. The Bertz CT molecular complexity index is 803. The van der Waals surface area contributed by atoms with E-state index in [9.17, 15) is 17.2 Å². The number of nitrogens with one attached hydrogen (secondary N) is 1. The summed E-state index contributed by atoms with van der Waals surface area (Å²) >= 11 is 0. The van der Waals surface area contributed by atoms with Crippen molar-refractivity contribution >= 4 is 10.0 Å². The summed E-state index contributed by atoms with van der Waals surface area (Å²) in [6, 6.07) is 5.86. The number of furan rings is 1. The van der Waals surface area contributed by atoms with Gasteiger partial charge in [0.25, 0.3) is 0 Å².